The number of likely N-dealkylation sites (tertiary alicyclic amines) is 2. The first kappa shape index (κ1) is 34.9. The monoisotopic (exact) mass is 638 g/mol. The van der Waals surface area contributed by atoms with Gasteiger partial charge in [0.2, 0.25) is 0 Å². The second kappa shape index (κ2) is 17.1. The molecule has 242 valence electrons. The number of carbonyl (C=O) groups excluding carboxylic acids is 2. The summed E-state index contributed by atoms with van der Waals surface area (Å²) in [5.74, 6) is 0.379. The normalized spacial score (nSPS) is 17.4. The van der Waals surface area contributed by atoms with E-state index in [1.165, 1.54) is 49.2 Å². The Morgan fingerprint density at radius 2 is 1.16 bits per heavy atom. The minimum atomic E-state index is -0.801. The summed E-state index contributed by atoms with van der Waals surface area (Å²) in [7, 11) is 0. The topological polar surface area (TPSA) is 60.9 Å². The van der Waals surface area contributed by atoms with Gasteiger partial charge in [-0.05, 0) is 137 Å². The van der Waals surface area contributed by atoms with Crippen LogP contribution in [-0.2, 0) is 5.60 Å². The highest BCUT2D eigenvalue weighted by Gasteiger charge is 2.33. The number of ketones is 2. The molecule has 0 spiro atoms. The van der Waals surface area contributed by atoms with Crippen molar-refractivity contribution >= 4 is 23.2 Å². The van der Waals surface area contributed by atoms with Crippen LogP contribution in [0.1, 0.15) is 84.6 Å². The number of aliphatic hydroxyl groups is 1. The fraction of sp³-hybridized carbons (Fsp3) is 0.459. The van der Waals surface area contributed by atoms with E-state index < -0.39 is 5.60 Å². The number of hydrogen-bond acceptors (Lipinski definition) is 5. The molecule has 1 N–H and O–H groups in total. The van der Waals surface area contributed by atoms with Gasteiger partial charge in [-0.2, -0.15) is 0 Å². The molecule has 2 fully saturated rings. The average Bonchev–Trinajstić information content (AvgIpc) is 3.04. The van der Waals surface area contributed by atoms with Crippen LogP contribution < -0.4 is 0 Å². The third-order valence-electron chi connectivity index (χ3n) is 9.03. The van der Waals surface area contributed by atoms with E-state index in [2.05, 4.69) is 16.7 Å². The van der Waals surface area contributed by atoms with Gasteiger partial charge in [0.15, 0.2) is 11.6 Å². The SMILES string of the molecule is CC1CCN(CCCC(=O)c2ccc(F)cc2)CC1.O=C(CCCN1CCC(O)(c2ccc(Cl)cc2)CC1)c1ccc(F)cc1. The molecule has 8 heteroatoms. The summed E-state index contributed by atoms with van der Waals surface area (Å²) in [4.78, 5) is 28.8. The quantitative estimate of drug-likeness (QED) is 0.216. The highest BCUT2D eigenvalue weighted by atomic mass is 35.5. The molecule has 3 aromatic carbocycles. The second-order valence-electron chi connectivity index (χ2n) is 12.5. The van der Waals surface area contributed by atoms with Crippen LogP contribution in [0.15, 0.2) is 72.8 Å². The molecule has 2 aliphatic heterocycles. The van der Waals surface area contributed by atoms with E-state index in [4.69, 9.17) is 11.6 Å². The van der Waals surface area contributed by atoms with Crippen molar-refractivity contribution in [1.29, 1.82) is 0 Å². The maximum absolute atomic E-state index is 12.9. The van der Waals surface area contributed by atoms with E-state index in [-0.39, 0.29) is 23.2 Å². The maximum Gasteiger partial charge on any atom is 0.162 e. The predicted octanol–water partition coefficient (Wildman–Crippen LogP) is 7.95. The number of piperidine rings is 2. The van der Waals surface area contributed by atoms with Crippen LogP contribution >= 0.6 is 11.6 Å². The number of rotatable bonds is 11. The second-order valence-corrected chi connectivity index (χ2v) is 12.9. The van der Waals surface area contributed by atoms with E-state index in [0.29, 0.717) is 41.8 Å². The van der Waals surface area contributed by atoms with Crippen LogP contribution in [0.3, 0.4) is 0 Å². The van der Waals surface area contributed by atoms with Gasteiger partial charge in [-0.15, -0.1) is 0 Å². The van der Waals surface area contributed by atoms with Gasteiger partial charge in [-0.3, -0.25) is 9.59 Å². The molecule has 5 nitrogen and oxygen atoms in total. The number of benzene rings is 3. The molecule has 0 unspecified atom stereocenters. The number of Topliss-reactive ketones (excluding diaryl/α,β-unsaturated/α-hetero) is 2. The van der Waals surface area contributed by atoms with Crippen LogP contribution in [0.4, 0.5) is 8.78 Å². The van der Waals surface area contributed by atoms with E-state index in [1.807, 2.05) is 24.3 Å². The van der Waals surface area contributed by atoms with Gasteiger partial charge in [0.05, 0.1) is 5.60 Å². The Kier molecular flexibility index (Phi) is 13.2. The maximum atomic E-state index is 12.9. The van der Waals surface area contributed by atoms with Gasteiger partial charge >= 0.3 is 0 Å². The minimum Gasteiger partial charge on any atom is -0.385 e. The Morgan fingerprint density at radius 3 is 1.60 bits per heavy atom. The first-order chi connectivity index (χ1) is 21.6. The lowest BCUT2D eigenvalue weighted by atomic mass is 9.84. The fourth-order valence-electron chi connectivity index (χ4n) is 5.97. The van der Waals surface area contributed by atoms with Gasteiger partial charge in [-0.25, -0.2) is 8.78 Å². The Morgan fingerprint density at radius 1 is 0.733 bits per heavy atom. The smallest absolute Gasteiger partial charge is 0.162 e. The van der Waals surface area contributed by atoms with Crippen molar-refractivity contribution in [3.8, 4) is 0 Å². The largest absolute Gasteiger partial charge is 0.385 e. The Labute approximate surface area is 271 Å². The highest BCUT2D eigenvalue weighted by Crippen LogP contribution is 2.33. The summed E-state index contributed by atoms with van der Waals surface area (Å²) >= 11 is 5.92. The van der Waals surface area contributed by atoms with Gasteiger partial charge in [-0.1, -0.05) is 30.7 Å². The third-order valence-corrected chi connectivity index (χ3v) is 9.28. The molecule has 2 aliphatic rings. The van der Waals surface area contributed by atoms with Crippen LogP contribution in [0, 0.1) is 17.6 Å². The molecule has 45 heavy (non-hydrogen) atoms. The zero-order valence-corrected chi connectivity index (χ0v) is 27.0. The van der Waals surface area contributed by atoms with Crippen molar-refractivity contribution < 1.29 is 23.5 Å². The van der Waals surface area contributed by atoms with Crippen molar-refractivity contribution in [2.45, 2.75) is 63.9 Å². The summed E-state index contributed by atoms with van der Waals surface area (Å²) in [5, 5.41) is 11.5. The summed E-state index contributed by atoms with van der Waals surface area (Å²) in [5.41, 5.74) is 1.29. The highest BCUT2D eigenvalue weighted by molar-refractivity contribution is 6.30. The summed E-state index contributed by atoms with van der Waals surface area (Å²) in [6, 6.07) is 18.9. The molecule has 0 aromatic heterocycles. The molecule has 0 amide bonds. The molecule has 2 saturated heterocycles. The van der Waals surface area contributed by atoms with Crippen molar-refractivity contribution in [1.82, 2.24) is 9.80 Å². The molecular weight excluding hydrogens is 594 g/mol. The Hall–Kier alpha value is -2.97. The molecule has 0 bridgehead atoms. The minimum absolute atomic E-state index is 0.0414. The molecule has 0 aliphatic carbocycles. The lowest BCUT2D eigenvalue weighted by Gasteiger charge is -2.38. The summed E-state index contributed by atoms with van der Waals surface area (Å²) < 4.78 is 25.7. The van der Waals surface area contributed by atoms with Crippen molar-refractivity contribution in [2.24, 2.45) is 5.92 Å². The summed E-state index contributed by atoms with van der Waals surface area (Å²) in [6.07, 6.45) is 6.53. The third kappa shape index (κ3) is 11.1. The first-order valence-electron chi connectivity index (χ1n) is 16.1. The number of hydrogen-bond donors (Lipinski definition) is 1. The van der Waals surface area contributed by atoms with Crippen LogP contribution in [0.25, 0.3) is 0 Å². The Balaban J connectivity index is 0.000000215. The zero-order chi connectivity index (χ0) is 32.2. The zero-order valence-electron chi connectivity index (χ0n) is 26.2. The van der Waals surface area contributed by atoms with Gasteiger partial charge in [0, 0.05) is 42.1 Å². The fourth-order valence-corrected chi connectivity index (χ4v) is 6.09. The standard InChI is InChI=1S/C21H23ClFNO2.C16H22FNO/c22-18-7-5-17(6-8-18)21(26)11-14-24(15-12-21)13-1-2-20(25)16-3-9-19(23)10-4-16;1-13-8-11-18(12-9-13)10-2-3-16(19)14-4-6-15(17)7-5-14/h3-10,26H,1-2,11-15H2;4-7,13H,2-3,8-12H2,1H3. The van der Waals surface area contributed by atoms with Gasteiger partial charge in [0.25, 0.3) is 0 Å². The van der Waals surface area contributed by atoms with Crippen molar-refractivity contribution in [3.63, 3.8) is 0 Å². The van der Waals surface area contributed by atoms with E-state index in [9.17, 15) is 23.5 Å². The molecule has 0 saturated carbocycles. The van der Waals surface area contributed by atoms with Gasteiger partial charge < -0.3 is 14.9 Å². The van der Waals surface area contributed by atoms with Crippen molar-refractivity contribution in [2.75, 3.05) is 39.3 Å². The molecule has 0 atom stereocenters. The molecule has 2 heterocycles. The number of halogens is 3. The molecular formula is C37H45ClF2N2O3. The number of carbonyl (C=O) groups is 2. The van der Waals surface area contributed by atoms with Gasteiger partial charge in [0.1, 0.15) is 11.6 Å². The number of nitrogens with zero attached hydrogens (tertiary/aromatic N) is 2. The average molecular weight is 639 g/mol. The predicted molar refractivity (Wildman–Crippen MR) is 176 cm³/mol. The lowest BCUT2D eigenvalue weighted by molar-refractivity contribution is -0.0260. The van der Waals surface area contributed by atoms with Crippen molar-refractivity contribution in [3.05, 3.63) is 106 Å². The molecule has 3 aromatic rings. The van der Waals surface area contributed by atoms with Crippen LogP contribution in [-0.4, -0.2) is 65.7 Å². The molecule has 0 radical (unpaired) electrons. The van der Waals surface area contributed by atoms with E-state index in [1.54, 1.807) is 12.1 Å². The lowest BCUT2D eigenvalue weighted by Crippen LogP contribution is -2.42. The van der Waals surface area contributed by atoms with E-state index >= 15 is 0 Å². The van der Waals surface area contributed by atoms with Crippen LogP contribution in [0.2, 0.25) is 5.02 Å². The Bertz CT molecular complexity index is 1350. The van der Waals surface area contributed by atoms with Crippen LogP contribution in [0.5, 0.6) is 0 Å². The first-order valence-corrected chi connectivity index (χ1v) is 16.5. The van der Waals surface area contributed by atoms with E-state index in [0.717, 1.165) is 63.6 Å². The summed E-state index contributed by atoms with van der Waals surface area (Å²) in [6.45, 7) is 8.03. The molecule has 5 rings (SSSR count).